The summed E-state index contributed by atoms with van der Waals surface area (Å²) in [6.45, 7) is 5.16. The molecule has 0 aromatic heterocycles. The monoisotopic (exact) mass is 285 g/mol. The molecule has 0 aliphatic rings. The summed E-state index contributed by atoms with van der Waals surface area (Å²) in [4.78, 5) is 11.7. The van der Waals surface area contributed by atoms with Crippen molar-refractivity contribution < 1.29 is 9.53 Å². The van der Waals surface area contributed by atoms with Gasteiger partial charge in [0.1, 0.15) is 6.61 Å². The van der Waals surface area contributed by atoms with E-state index in [1.165, 1.54) is 0 Å². The van der Waals surface area contributed by atoms with E-state index in [4.69, 9.17) is 10.5 Å². The van der Waals surface area contributed by atoms with Crippen molar-refractivity contribution in [2.45, 2.75) is 33.3 Å². The highest BCUT2D eigenvalue weighted by atomic mass is 35.5. The number of ether oxygens (including phenoxy) is 1. The van der Waals surface area contributed by atoms with E-state index in [2.05, 4.69) is 13.8 Å². The van der Waals surface area contributed by atoms with Gasteiger partial charge in [-0.1, -0.05) is 44.2 Å². The fourth-order valence-electron chi connectivity index (χ4n) is 1.96. The minimum atomic E-state index is -0.157. The van der Waals surface area contributed by atoms with E-state index in [-0.39, 0.29) is 24.3 Å². The van der Waals surface area contributed by atoms with Crippen LogP contribution in [0.4, 0.5) is 0 Å². The Morgan fingerprint density at radius 1 is 1.26 bits per heavy atom. The van der Waals surface area contributed by atoms with Crippen LogP contribution in [-0.4, -0.2) is 12.5 Å². The van der Waals surface area contributed by atoms with Crippen molar-refractivity contribution in [3.05, 3.63) is 35.9 Å². The molecule has 2 N–H and O–H groups in total. The lowest BCUT2D eigenvalue weighted by Crippen LogP contribution is -2.21. The third-order valence-corrected chi connectivity index (χ3v) is 2.84. The number of esters is 1. The normalized spacial score (nSPS) is 11.8. The van der Waals surface area contributed by atoms with Crippen molar-refractivity contribution >= 4 is 18.4 Å². The van der Waals surface area contributed by atoms with Crippen molar-refractivity contribution in [2.24, 2.45) is 17.6 Å². The SMILES string of the molecule is CC(C)CC(CN)CC(=O)OCc1ccccc1.Cl. The predicted molar refractivity (Wildman–Crippen MR) is 80.1 cm³/mol. The summed E-state index contributed by atoms with van der Waals surface area (Å²) in [5, 5.41) is 0. The van der Waals surface area contributed by atoms with Crippen LogP contribution in [0, 0.1) is 11.8 Å². The molecule has 0 fully saturated rings. The van der Waals surface area contributed by atoms with E-state index in [1.54, 1.807) is 0 Å². The molecule has 0 aliphatic heterocycles. The number of carbonyl (C=O) groups excluding carboxylic acids is 1. The van der Waals surface area contributed by atoms with E-state index in [1.807, 2.05) is 30.3 Å². The lowest BCUT2D eigenvalue weighted by atomic mass is 9.94. The van der Waals surface area contributed by atoms with E-state index in [9.17, 15) is 4.79 Å². The molecule has 0 radical (unpaired) electrons. The summed E-state index contributed by atoms with van der Waals surface area (Å²) in [6.07, 6.45) is 1.39. The molecule has 0 aliphatic carbocycles. The van der Waals surface area contributed by atoms with Crippen LogP contribution in [0.5, 0.6) is 0 Å². The molecule has 0 heterocycles. The second-order valence-electron chi connectivity index (χ2n) is 5.08. The van der Waals surface area contributed by atoms with Crippen LogP contribution >= 0.6 is 12.4 Å². The minimum absolute atomic E-state index is 0. The Hall–Kier alpha value is -1.06. The molecule has 1 unspecified atom stereocenters. The Morgan fingerprint density at radius 2 is 1.89 bits per heavy atom. The van der Waals surface area contributed by atoms with Gasteiger partial charge in [-0.05, 0) is 30.4 Å². The Labute approximate surface area is 121 Å². The van der Waals surface area contributed by atoms with E-state index in [0.29, 0.717) is 25.5 Å². The quantitative estimate of drug-likeness (QED) is 0.783. The standard InChI is InChI=1S/C15H23NO2.ClH/c1-12(2)8-14(10-16)9-15(17)18-11-13-6-4-3-5-7-13;/h3-7,12,14H,8-11,16H2,1-2H3;1H. The van der Waals surface area contributed by atoms with E-state index >= 15 is 0 Å². The average molecular weight is 286 g/mol. The summed E-state index contributed by atoms with van der Waals surface area (Å²) in [7, 11) is 0. The number of halogens is 1. The number of carbonyl (C=O) groups is 1. The van der Waals surface area contributed by atoms with Gasteiger partial charge in [0.2, 0.25) is 0 Å². The Bertz CT molecular complexity index is 354. The first-order valence-corrected chi connectivity index (χ1v) is 6.51. The number of hydrogen-bond acceptors (Lipinski definition) is 3. The highest BCUT2D eigenvalue weighted by Crippen LogP contribution is 2.15. The van der Waals surface area contributed by atoms with Gasteiger partial charge in [-0.2, -0.15) is 0 Å². The third-order valence-electron chi connectivity index (χ3n) is 2.84. The highest BCUT2D eigenvalue weighted by Gasteiger charge is 2.15. The molecule has 0 bridgehead atoms. The van der Waals surface area contributed by atoms with Crippen molar-refractivity contribution in [3.63, 3.8) is 0 Å². The molecule has 0 spiro atoms. The molecule has 1 aromatic carbocycles. The zero-order valence-electron chi connectivity index (χ0n) is 11.7. The molecule has 0 amide bonds. The third kappa shape index (κ3) is 7.85. The summed E-state index contributed by atoms with van der Waals surface area (Å²) < 4.78 is 5.25. The van der Waals surface area contributed by atoms with Crippen LogP contribution in [-0.2, 0) is 16.1 Å². The topological polar surface area (TPSA) is 52.3 Å². The van der Waals surface area contributed by atoms with Crippen LogP contribution in [0.1, 0.15) is 32.3 Å². The Morgan fingerprint density at radius 3 is 2.42 bits per heavy atom. The van der Waals surface area contributed by atoms with Crippen LogP contribution in [0.15, 0.2) is 30.3 Å². The number of hydrogen-bond donors (Lipinski definition) is 1. The first kappa shape index (κ1) is 17.9. The second kappa shape index (κ2) is 9.82. The summed E-state index contributed by atoms with van der Waals surface area (Å²) in [5.74, 6) is 0.628. The van der Waals surface area contributed by atoms with Crippen molar-refractivity contribution in [2.75, 3.05) is 6.54 Å². The molecule has 1 atom stereocenters. The zero-order chi connectivity index (χ0) is 13.4. The lowest BCUT2D eigenvalue weighted by molar-refractivity contribution is -0.146. The van der Waals surface area contributed by atoms with Crippen LogP contribution in [0.3, 0.4) is 0 Å². The van der Waals surface area contributed by atoms with Gasteiger partial charge >= 0.3 is 5.97 Å². The fraction of sp³-hybridized carbons (Fsp3) is 0.533. The second-order valence-corrected chi connectivity index (χ2v) is 5.08. The summed E-state index contributed by atoms with van der Waals surface area (Å²) in [6, 6.07) is 9.71. The lowest BCUT2D eigenvalue weighted by Gasteiger charge is -2.16. The van der Waals surface area contributed by atoms with Crippen LogP contribution in [0.25, 0.3) is 0 Å². The van der Waals surface area contributed by atoms with Gasteiger partial charge < -0.3 is 10.5 Å². The smallest absolute Gasteiger partial charge is 0.306 e. The molecule has 0 saturated carbocycles. The maximum atomic E-state index is 11.7. The molecule has 1 aromatic rings. The average Bonchev–Trinajstić information content (AvgIpc) is 2.36. The van der Waals surface area contributed by atoms with Gasteiger partial charge in [0.15, 0.2) is 0 Å². The maximum absolute atomic E-state index is 11.7. The van der Waals surface area contributed by atoms with Crippen molar-refractivity contribution in [3.8, 4) is 0 Å². The van der Waals surface area contributed by atoms with Gasteiger partial charge in [-0.15, -0.1) is 12.4 Å². The predicted octanol–water partition coefficient (Wildman–Crippen LogP) is 3.16. The molecular weight excluding hydrogens is 262 g/mol. The van der Waals surface area contributed by atoms with Gasteiger partial charge in [0.25, 0.3) is 0 Å². The van der Waals surface area contributed by atoms with Crippen LogP contribution < -0.4 is 5.73 Å². The van der Waals surface area contributed by atoms with E-state index in [0.717, 1.165) is 12.0 Å². The highest BCUT2D eigenvalue weighted by molar-refractivity contribution is 5.85. The van der Waals surface area contributed by atoms with Crippen molar-refractivity contribution in [1.82, 2.24) is 0 Å². The van der Waals surface area contributed by atoms with E-state index < -0.39 is 0 Å². The Kier molecular flexibility index (Phi) is 9.27. The zero-order valence-corrected chi connectivity index (χ0v) is 12.5. The molecule has 1 rings (SSSR count). The molecule has 4 heteroatoms. The van der Waals surface area contributed by atoms with Gasteiger partial charge in [0, 0.05) is 6.42 Å². The first-order valence-electron chi connectivity index (χ1n) is 6.51. The van der Waals surface area contributed by atoms with Crippen molar-refractivity contribution in [1.29, 1.82) is 0 Å². The van der Waals surface area contributed by atoms with Gasteiger partial charge in [0.05, 0.1) is 0 Å². The molecule has 19 heavy (non-hydrogen) atoms. The van der Waals surface area contributed by atoms with Gasteiger partial charge in [-0.3, -0.25) is 4.79 Å². The minimum Gasteiger partial charge on any atom is -0.461 e. The first-order chi connectivity index (χ1) is 8.61. The molecule has 108 valence electrons. The van der Waals surface area contributed by atoms with Crippen LogP contribution in [0.2, 0.25) is 0 Å². The number of nitrogens with two attached hydrogens (primary N) is 1. The fourth-order valence-corrected chi connectivity index (χ4v) is 1.96. The summed E-state index contributed by atoms with van der Waals surface area (Å²) in [5.41, 5.74) is 6.68. The maximum Gasteiger partial charge on any atom is 0.306 e. The molecule has 0 saturated heterocycles. The number of rotatable bonds is 7. The molecule has 3 nitrogen and oxygen atoms in total. The summed E-state index contributed by atoms with van der Waals surface area (Å²) >= 11 is 0. The largest absolute Gasteiger partial charge is 0.461 e. The van der Waals surface area contributed by atoms with Gasteiger partial charge in [-0.25, -0.2) is 0 Å². The molecular formula is C15H24ClNO2. The Balaban J connectivity index is 0.00000324. The number of benzene rings is 1.